The maximum Gasteiger partial charge on any atom is 0.0725 e. The zero-order valence-electron chi connectivity index (χ0n) is 8.26. The van der Waals surface area contributed by atoms with Gasteiger partial charge in [0.2, 0.25) is 0 Å². The fraction of sp³-hybridized carbons (Fsp3) is 1.00. The van der Waals surface area contributed by atoms with Crippen LogP contribution in [0.4, 0.5) is 0 Å². The van der Waals surface area contributed by atoms with E-state index in [1.807, 2.05) is 0 Å². The van der Waals surface area contributed by atoms with Crippen LogP contribution in [-0.4, -0.2) is 22.4 Å². The van der Waals surface area contributed by atoms with Crippen LogP contribution in [0.3, 0.4) is 0 Å². The van der Waals surface area contributed by atoms with Crippen LogP contribution in [0.1, 0.15) is 51.4 Å². The minimum Gasteiger partial charge on any atom is -0.396 e. The van der Waals surface area contributed by atoms with E-state index in [0.717, 1.165) is 32.1 Å². The minimum absolute atomic E-state index is 0.135. The molecule has 0 unspecified atom stereocenters. The van der Waals surface area contributed by atoms with Gasteiger partial charge >= 0.3 is 0 Å². The first kappa shape index (κ1) is 9.47. The van der Waals surface area contributed by atoms with Gasteiger partial charge in [-0.05, 0) is 32.1 Å². The summed E-state index contributed by atoms with van der Waals surface area (Å²) in [7, 11) is 0. The Morgan fingerprint density at radius 1 is 0.846 bits per heavy atom. The lowest BCUT2D eigenvalue weighted by molar-refractivity contribution is -0.171. The summed E-state index contributed by atoms with van der Waals surface area (Å²) in [5.41, 5.74) is -0.647. The highest BCUT2D eigenvalue weighted by Gasteiger charge is 2.53. The Kier molecular flexibility index (Phi) is 2.37. The fourth-order valence-electron chi connectivity index (χ4n) is 3.04. The van der Waals surface area contributed by atoms with Crippen molar-refractivity contribution >= 4 is 0 Å². The molecule has 0 bridgehead atoms. The SMILES string of the molecule is OCC1(C2(O)CCC2)CCCCC1. The predicted octanol–water partition coefficient (Wildman–Crippen LogP) is 1.84. The molecule has 2 heteroatoms. The van der Waals surface area contributed by atoms with Crippen LogP contribution in [-0.2, 0) is 0 Å². The van der Waals surface area contributed by atoms with Gasteiger partial charge in [0.1, 0.15) is 0 Å². The van der Waals surface area contributed by atoms with Gasteiger partial charge in [0, 0.05) is 5.41 Å². The fourth-order valence-corrected chi connectivity index (χ4v) is 3.04. The Bertz CT molecular complexity index is 179. The first-order chi connectivity index (χ1) is 6.22. The van der Waals surface area contributed by atoms with Crippen molar-refractivity contribution in [1.82, 2.24) is 0 Å². The van der Waals surface area contributed by atoms with Crippen LogP contribution in [0.2, 0.25) is 0 Å². The Hall–Kier alpha value is -0.0800. The number of aliphatic hydroxyl groups excluding tert-OH is 1. The molecule has 0 radical (unpaired) electrons. The lowest BCUT2D eigenvalue weighted by Crippen LogP contribution is -2.56. The molecular formula is C11H20O2. The van der Waals surface area contributed by atoms with E-state index in [1.165, 1.54) is 19.3 Å². The zero-order valence-corrected chi connectivity index (χ0v) is 8.26. The Labute approximate surface area is 80.0 Å². The maximum atomic E-state index is 10.3. The Balaban J connectivity index is 2.12. The molecule has 2 rings (SSSR count). The van der Waals surface area contributed by atoms with E-state index in [1.54, 1.807) is 0 Å². The second-order valence-electron chi connectivity index (χ2n) is 4.88. The van der Waals surface area contributed by atoms with Crippen molar-refractivity contribution in [2.45, 2.75) is 57.0 Å². The molecule has 2 fully saturated rings. The Morgan fingerprint density at radius 3 is 1.85 bits per heavy atom. The van der Waals surface area contributed by atoms with Crippen molar-refractivity contribution in [1.29, 1.82) is 0 Å². The van der Waals surface area contributed by atoms with Gasteiger partial charge < -0.3 is 10.2 Å². The van der Waals surface area contributed by atoms with Crippen molar-refractivity contribution in [3.8, 4) is 0 Å². The van der Waals surface area contributed by atoms with E-state index in [4.69, 9.17) is 0 Å². The van der Waals surface area contributed by atoms with Gasteiger partial charge in [-0.2, -0.15) is 0 Å². The quantitative estimate of drug-likeness (QED) is 0.687. The van der Waals surface area contributed by atoms with Crippen LogP contribution in [0.25, 0.3) is 0 Å². The van der Waals surface area contributed by atoms with Crippen LogP contribution < -0.4 is 0 Å². The molecule has 0 aromatic heterocycles. The number of aliphatic hydroxyl groups is 2. The van der Waals surface area contributed by atoms with Crippen molar-refractivity contribution in [3.05, 3.63) is 0 Å². The largest absolute Gasteiger partial charge is 0.396 e. The third kappa shape index (κ3) is 1.31. The smallest absolute Gasteiger partial charge is 0.0725 e. The average molecular weight is 184 g/mol. The molecule has 0 heterocycles. The maximum absolute atomic E-state index is 10.3. The van der Waals surface area contributed by atoms with Crippen LogP contribution in [0.15, 0.2) is 0 Å². The standard InChI is InChI=1S/C11H20O2/c12-9-10(5-2-1-3-6-10)11(13)7-4-8-11/h12-13H,1-9H2. The molecule has 0 spiro atoms. The summed E-state index contributed by atoms with van der Waals surface area (Å²) < 4.78 is 0. The second kappa shape index (κ2) is 3.25. The molecule has 2 aliphatic carbocycles. The predicted molar refractivity (Wildman–Crippen MR) is 51.4 cm³/mol. The molecule has 0 atom stereocenters. The minimum atomic E-state index is -0.512. The molecule has 0 amide bonds. The molecule has 0 aromatic rings. The molecule has 0 aromatic carbocycles. The summed E-state index contributed by atoms with van der Waals surface area (Å²) >= 11 is 0. The summed E-state index contributed by atoms with van der Waals surface area (Å²) in [6.45, 7) is 0.184. The van der Waals surface area contributed by atoms with E-state index in [2.05, 4.69) is 0 Å². The van der Waals surface area contributed by atoms with Crippen LogP contribution in [0, 0.1) is 5.41 Å². The molecule has 2 N–H and O–H groups in total. The molecule has 13 heavy (non-hydrogen) atoms. The summed E-state index contributed by atoms with van der Waals surface area (Å²) in [5, 5.41) is 19.8. The van der Waals surface area contributed by atoms with Gasteiger partial charge in [0.05, 0.1) is 12.2 Å². The van der Waals surface area contributed by atoms with Crippen molar-refractivity contribution in [2.24, 2.45) is 5.41 Å². The molecule has 2 aliphatic rings. The van der Waals surface area contributed by atoms with Crippen LogP contribution in [0.5, 0.6) is 0 Å². The highest BCUT2D eigenvalue weighted by atomic mass is 16.3. The molecular weight excluding hydrogens is 164 g/mol. The topological polar surface area (TPSA) is 40.5 Å². The van der Waals surface area contributed by atoms with Gasteiger partial charge in [0.15, 0.2) is 0 Å². The highest BCUT2D eigenvalue weighted by Crippen LogP contribution is 2.53. The average Bonchev–Trinajstić information content (AvgIpc) is 2.15. The van der Waals surface area contributed by atoms with E-state index in [0.29, 0.717) is 0 Å². The van der Waals surface area contributed by atoms with Gasteiger partial charge in [-0.1, -0.05) is 19.3 Å². The lowest BCUT2D eigenvalue weighted by atomic mass is 9.56. The van der Waals surface area contributed by atoms with E-state index < -0.39 is 5.60 Å². The number of rotatable bonds is 2. The summed E-state index contributed by atoms with van der Waals surface area (Å²) in [6.07, 6.45) is 8.66. The van der Waals surface area contributed by atoms with E-state index in [-0.39, 0.29) is 12.0 Å². The highest BCUT2D eigenvalue weighted by molar-refractivity contribution is 5.04. The van der Waals surface area contributed by atoms with Gasteiger partial charge in [-0.15, -0.1) is 0 Å². The van der Waals surface area contributed by atoms with Gasteiger partial charge in [0.25, 0.3) is 0 Å². The number of hydrogen-bond acceptors (Lipinski definition) is 2. The Morgan fingerprint density at radius 2 is 1.46 bits per heavy atom. The van der Waals surface area contributed by atoms with Crippen molar-refractivity contribution in [2.75, 3.05) is 6.61 Å². The third-order valence-electron chi connectivity index (χ3n) is 4.28. The van der Waals surface area contributed by atoms with Crippen LogP contribution >= 0.6 is 0 Å². The zero-order chi connectivity index (χ0) is 9.36. The molecule has 76 valence electrons. The van der Waals surface area contributed by atoms with Gasteiger partial charge in [-0.3, -0.25) is 0 Å². The van der Waals surface area contributed by atoms with Gasteiger partial charge in [-0.25, -0.2) is 0 Å². The number of hydrogen-bond donors (Lipinski definition) is 2. The summed E-state index contributed by atoms with van der Waals surface area (Å²) in [4.78, 5) is 0. The normalized spacial score (nSPS) is 30.9. The van der Waals surface area contributed by atoms with E-state index >= 15 is 0 Å². The molecule has 2 nitrogen and oxygen atoms in total. The summed E-state index contributed by atoms with van der Waals surface area (Å²) in [6, 6.07) is 0. The summed E-state index contributed by atoms with van der Waals surface area (Å²) in [5.74, 6) is 0. The first-order valence-corrected chi connectivity index (χ1v) is 5.56. The first-order valence-electron chi connectivity index (χ1n) is 5.56. The third-order valence-corrected chi connectivity index (χ3v) is 4.28. The lowest BCUT2D eigenvalue weighted by Gasteiger charge is -2.53. The second-order valence-corrected chi connectivity index (χ2v) is 4.88. The molecule has 2 saturated carbocycles. The molecule has 0 aliphatic heterocycles. The molecule has 0 saturated heterocycles. The monoisotopic (exact) mass is 184 g/mol. The van der Waals surface area contributed by atoms with E-state index in [9.17, 15) is 10.2 Å². The van der Waals surface area contributed by atoms with Crippen molar-refractivity contribution in [3.63, 3.8) is 0 Å². The van der Waals surface area contributed by atoms with Crippen molar-refractivity contribution < 1.29 is 10.2 Å².